The number of rotatable bonds is 3. The zero-order valence-electron chi connectivity index (χ0n) is 9.93. The maximum absolute atomic E-state index is 11.9. The van der Waals surface area contributed by atoms with Crippen molar-refractivity contribution in [1.82, 2.24) is 4.98 Å². The Morgan fingerprint density at radius 3 is 2.30 bits per heavy atom. The van der Waals surface area contributed by atoms with Crippen molar-refractivity contribution < 1.29 is 14.7 Å². The van der Waals surface area contributed by atoms with Gasteiger partial charge in [-0.15, -0.1) is 0 Å². The van der Waals surface area contributed by atoms with Gasteiger partial charge in [0, 0.05) is 11.8 Å². The fourth-order valence-corrected chi connectivity index (χ4v) is 1.72. The molecule has 0 aliphatic rings. The number of nitrogens with zero attached hydrogens (tertiary/aromatic N) is 1. The van der Waals surface area contributed by atoms with E-state index in [1.807, 2.05) is 0 Å². The molecule has 0 unspecified atom stereocenters. The Bertz CT molecular complexity index is 672. The fourth-order valence-electron chi connectivity index (χ4n) is 1.42. The Balaban J connectivity index is 2.14. The number of nitrogens with one attached hydrogen (secondary N) is 1. The molecule has 1 amide bonds. The number of amides is 1. The molecule has 5 nitrogen and oxygen atoms in total. The molecule has 0 aliphatic carbocycles. The van der Waals surface area contributed by atoms with Crippen LogP contribution in [0.1, 0.15) is 20.7 Å². The second-order valence-corrected chi connectivity index (χ2v) is 4.63. The van der Waals surface area contributed by atoms with E-state index in [4.69, 9.17) is 28.3 Å². The summed E-state index contributed by atoms with van der Waals surface area (Å²) in [4.78, 5) is 26.4. The third-order valence-electron chi connectivity index (χ3n) is 2.43. The molecule has 0 saturated heterocycles. The van der Waals surface area contributed by atoms with Crippen LogP contribution in [0, 0.1) is 0 Å². The maximum atomic E-state index is 11.9. The molecule has 0 saturated carbocycles. The van der Waals surface area contributed by atoms with Crippen LogP contribution in [0.15, 0.2) is 36.5 Å². The number of halogens is 2. The molecular weight excluding hydrogens is 303 g/mol. The van der Waals surface area contributed by atoms with Gasteiger partial charge >= 0.3 is 5.97 Å². The zero-order valence-corrected chi connectivity index (χ0v) is 11.4. The van der Waals surface area contributed by atoms with Gasteiger partial charge in [-0.05, 0) is 30.3 Å². The van der Waals surface area contributed by atoms with Crippen LogP contribution in [-0.4, -0.2) is 22.0 Å². The van der Waals surface area contributed by atoms with Crippen LogP contribution in [0.5, 0.6) is 0 Å². The topological polar surface area (TPSA) is 79.3 Å². The van der Waals surface area contributed by atoms with Crippen molar-refractivity contribution in [3.8, 4) is 0 Å². The highest BCUT2D eigenvalue weighted by Gasteiger charge is 2.10. The minimum absolute atomic E-state index is 0.0394. The number of benzene rings is 1. The lowest BCUT2D eigenvalue weighted by atomic mass is 10.2. The first-order chi connectivity index (χ1) is 9.47. The summed E-state index contributed by atoms with van der Waals surface area (Å²) in [5, 5.41) is 11.9. The monoisotopic (exact) mass is 310 g/mol. The van der Waals surface area contributed by atoms with E-state index in [1.54, 1.807) is 0 Å². The summed E-state index contributed by atoms with van der Waals surface area (Å²) >= 11 is 11.6. The summed E-state index contributed by atoms with van der Waals surface area (Å²) in [6, 6.07) is 7.22. The van der Waals surface area contributed by atoms with Crippen molar-refractivity contribution >= 4 is 40.9 Å². The Hall–Kier alpha value is -2.11. The molecular formula is C13H8Cl2N2O3. The molecule has 0 aliphatic heterocycles. The second-order valence-electron chi connectivity index (χ2n) is 3.82. The average Bonchev–Trinajstić information content (AvgIpc) is 2.42. The molecule has 0 bridgehead atoms. The van der Waals surface area contributed by atoms with Crippen LogP contribution >= 0.6 is 23.2 Å². The first-order valence-electron chi connectivity index (χ1n) is 5.43. The third-order valence-corrected chi connectivity index (χ3v) is 3.17. The van der Waals surface area contributed by atoms with E-state index in [0.717, 1.165) is 6.20 Å². The van der Waals surface area contributed by atoms with Gasteiger partial charge < -0.3 is 10.4 Å². The lowest BCUT2D eigenvalue weighted by Crippen LogP contribution is -2.13. The highest BCUT2D eigenvalue weighted by molar-refractivity contribution is 6.42. The van der Waals surface area contributed by atoms with Crippen LogP contribution < -0.4 is 5.32 Å². The summed E-state index contributed by atoms with van der Waals surface area (Å²) in [5.74, 6) is -1.26. The molecule has 1 aromatic heterocycles. The predicted octanol–water partition coefficient (Wildman–Crippen LogP) is 3.34. The van der Waals surface area contributed by atoms with E-state index in [-0.39, 0.29) is 16.4 Å². The van der Waals surface area contributed by atoms with Crippen molar-refractivity contribution in [2.45, 2.75) is 0 Å². The molecule has 1 aromatic carbocycles. The maximum Gasteiger partial charge on any atom is 0.337 e. The first kappa shape index (κ1) is 14.3. The Morgan fingerprint density at radius 1 is 1.05 bits per heavy atom. The summed E-state index contributed by atoms with van der Waals surface area (Å²) < 4.78 is 0. The van der Waals surface area contributed by atoms with Gasteiger partial charge in [-0.2, -0.15) is 0 Å². The molecule has 2 rings (SSSR count). The van der Waals surface area contributed by atoms with Gasteiger partial charge in [-0.1, -0.05) is 23.2 Å². The van der Waals surface area contributed by atoms with Gasteiger partial charge in [-0.3, -0.25) is 4.79 Å². The lowest BCUT2D eigenvalue weighted by Gasteiger charge is -2.05. The number of carboxylic acid groups (broad SMARTS) is 1. The largest absolute Gasteiger partial charge is 0.478 e. The average molecular weight is 311 g/mol. The van der Waals surface area contributed by atoms with Gasteiger partial charge in [0.2, 0.25) is 0 Å². The SMILES string of the molecule is O=C(O)c1ccc(NC(=O)c2ccc(Cl)c(Cl)c2)nc1. The second kappa shape index (κ2) is 5.90. The van der Waals surface area contributed by atoms with Crippen LogP contribution in [0.25, 0.3) is 0 Å². The molecule has 102 valence electrons. The standard InChI is InChI=1S/C13H8Cl2N2O3/c14-9-3-1-7(5-10(9)15)12(18)17-11-4-2-8(6-16-11)13(19)20/h1-6H,(H,19,20)(H,16,17,18). The van der Waals surface area contributed by atoms with Crippen molar-refractivity contribution in [1.29, 1.82) is 0 Å². The van der Waals surface area contributed by atoms with E-state index in [9.17, 15) is 9.59 Å². The van der Waals surface area contributed by atoms with Gasteiger partial charge in [0.25, 0.3) is 5.91 Å². The molecule has 0 fully saturated rings. The van der Waals surface area contributed by atoms with Gasteiger partial charge in [0.15, 0.2) is 0 Å². The number of aromatic nitrogens is 1. The van der Waals surface area contributed by atoms with Gasteiger partial charge in [0.05, 0.1) is 15.6 Å². The number of hydrogen-bond donors (Lipinski definition) is 2. The first-order valence-corrected chi connectivity index (χ1v) is 6.18. The van der Waals surface area contributed by atoms with Crippen molar-refractivity contribution in [3.63, 3.8) is 0 Å². The summed E-state index contributed by atoms with van der Waals surface area (Å²) in [5.41, 5.74) is 0.362. The van der Waals surface area contributed by atoms with E-state index >= 15 is 0 Å². The van der Waals surface area contributed by atoms with Gasteiger partial charge in [-0.25, -0.2) is 9.78 Å². The lowest BCUT2D eigenvalue weighted by molar-refractivity contribution is 0.0696. The normalized spacial score (nSPS) is 10.1. The number of carbonyl (C=O) groups is 2. The number of aromatic carboxylic acids is 1. The summed E-state index contributed by atoms with van der Waals surface area (Å²) in [6.07, 6.45) is 1.16. The molecule has 0 atom stereocenters. The van der Waals surface area contributed by atoms with Crippen LogP contribution in [0.4, 0.5) is 5.82 Å². The van der Waals surface area contributed by atoms with Crippen molar-refractivity contribution in [2.75, 3.05) is 5.32 Å². The molecule has 0 spiro atoms. The van der Waals surface area contributed by atoms with E-state index in [2.05, 4.69) is 10.3 Å². The molecule has 2 aromatic rings. The fraction of sp³-hybridized carbons (Fsp3) is 0. The minimum Gasteiger partial charge on any atom is -0.478 e. The number of hydrogen-bond acceptors (Lipinski definition) is 3. The summed E-state index contributed by atoms with van der Waals surface area (Å²) in [7, 11) is 0. The Kier molecular flexibility index (Phi) is 4.22. The van der Waals surface area contributed by atoms with Crippen LogP contribution in [0.3, 0.4) is 0 Å². The van der Waals surface area contributed by atoms with Crippen molar-refractivity contribution in [2.24, 2.45) is 0 Å². The number of carboxylic acids is 1. The highest BCUT2D eigenvalue weighted by Crippen LogP contribution is 2.23. The highest BCUT2D eigenvalue weighted by atomic mass is 35.5. The number of carbonyl (C=O) groups excluding carboxylic acids is 1. The number of pyridine rings is 1. The molecule has 7 heteroatoms. The van der Waals surface area contributed by atoms with E-state index < -0.39 is 11.9 Å². The third kappa shape index (κ3) is 3.26. The van der Waals surface area contributed by atoms with Gasteiger partial charge in [0.1, 0.15) is 5.82 Å². The van der Waals surface area contributed by atoms with Crippen molar-refractivity contribution in [3.05, 3.63) is 57.7 Å². The molecule has 20 heavy (non-hydrogen) atoms. The molecule has 2 N–H and O–H groups in total. The molecule has 0 radical (unpaired) electrons. The quantitative estimate of drug-likeness (QED) is 0.911. The smallest absolute Gasteiger partial charge is 0.337 e. The van der Waals surface area contributed by atoms with E-state index in [1.165, 1.54) is 30.3 Å². The Morgan fingerprint density at radius 2 is 1.75 bits per heavy atom. The molecule has 1 heterocycles. The summed E-state index contributed by atoms with van der Waals surface area (Å²) in [6.45, 7) is 0. The minimum atomic E-state index is -1.08. The zero-order chi connectivity index (χ0) is 14.7. The number of anilines is 1. The van der Waals surface area contributed by atoms with E-state index in [0.29, 0.717) is 10.6 Å². The van der Waals surface area contributed by atoms with Crippen LogP contribution in [0.2, 0.25) is 10.0 Å². The van der Waals surface area contributed by atoms with Crippen LogP contribution in [-0.2, 0) is 0 Å². The Labute approximate surface area is 124 Å². The predicted molar refractivity (Wildman–Crippen MR) is 75.6 cm³/mol.